The first-order chi connectivity index (χ1) is 7.48. The SMILES string of the molecule is C=CCC(C=CC)(CCOC(=S)S)N(C)C. The van der Waals surface area contributed by atoms with Crippen molar-refractivity contribution in [2.75, 3.05) is 20.7 Å². The summed E-state index contributed by atoms with van der Waals surface area (Å²) in [5.74, 6) is 0. The Balaban J connectivity index is 4.61. The molecule has 0 rings (SSSR count). The minimum atomic E-state index is -0.0466. The van der Waals surface area contributed by atoms with Gasteiger partial charge in [-0.3, -0.25) is 4.90 Å². The van der Waals surface area contributed by atoms with Crippen molar-refractivity contribution in [3.8, 4) is 0 Å². The molecular formula is C12H21NOS2. The number of thiol groups is 1. The van der Waals surface area contributed by atoms with Gasteiger partial charge in [0.2, 0.25) is 4.38 Å². The number of hydrogen-bond acceptors (Lipinski definition) is 3. The number of thiocarbonyl (C=S) groups is 1. The molecule has 0 amide bonds. The molecule has 92 valence electrons. The second kappa shape index (κ2) is 7.87. The molecule has 0 aromatic rings. The van der Waals surface area contributed by atoms with Crippen molar-refractivity contribution >= 4 is 29.2 Å². The molecule has 0 bridgehead atoms. The molecule has 0 aromatic carbocycles. The third kappa shape index (κ3) is 5.14. The van der Waals surface area contributed by atoms with Gasteiger partial charge in [-0.1, -0.05) is 30.9 Å². The molecule has 0 aromatic heterocycles. The molecule has 0 aliphatic heterocycles. The summed E-state index contributed by atoms with van der Waals surface area (Å²) in [6, 6.07) is 0. The van der Waals surface area contributed by atoms with Crippen LogP contribution in [0.2, 0.25) is 0 Å². The van der Waals surface area contributed by atoms with E-state index in [1.165, 1.54) is 0 Å². The summed E-state index contributed by atoms with van der Waals surface area (Å²) in [5, 5.41) is 0. The molecule has 0 heterocycles. The van der Waals surface area contributed by atoms with Crippen LogP contribution in [0.4, 0.5) is 0 Å². The Hall–Kier alpha value is -0.320. The maximum atomic E-state index is 5.24. The van der Waals surface area contributed by atoms with Gasteiger partial charge in [0.15, 0.2) is 0 Å². The van der Waals surface area contributed by atoms with Crippen LogP contribution in [0.5, 0.6) is 0 Å². The van der Waals surface area contributed by atoms with Crippen molar-refractivity contribution in [2.45, 2.75) is 25.3 Å². The lowest BCUT2D eigenvalue weighted by molar-refractivity contribution is 0.160. The van der Waals surface area contributed by atoms with Gasteiger partial charge in [-0.25, -0.2) is 0 Å². The predicted molar refractivity (Wildman–Crippen MR) is 78.2 cm³/mol. The topological polar surface area (TPSA) is 12.5 Å². The third-order valence-electron chi connectivity index (χ3n) is 2.63. The Kier molecular flexibility index (Phi) is 7.72. The molecule has 16 heavy (non-hydrogen) atoms. The quantitative estimate of drug-likeness (QED) is 0.429. The number of rotatable bonds is 7. The molecule has 0 aliphatic rings. The van der Waals surface area contributed by atoms with Gasteiger partial charge in [-0.05, 0) is 39.7 Å². The lowest BCUT2D eigenvalue weighted by Gasteiger charge is -2.36. The lowest BCUT2D eigenvalue weighted by Crippen LogP contribution is -2.43. The first kappa shape index (κ1) is 15.7. The van der Waals surface area contributed by atoms with Crippen molar-refractivity contribution in [3.05, 3.63) is 24.8 Å². The van der Waals surface area contributed by atoms with Crippen LogP contribution in [0.3, 0.4) is 0 Å². The van der Waals surface area contributed by atoms with Crippen LogP contribution in [0.1, 0.15) is 19.8 Å². The number of hydrogen-bond donors (Lipinski definition) is 1. The highest BCUT2D eigenvalue weighted by Crippen LogP contribution is 2.24. The summed E-state index contributed by atoms with van der Waals surface area (Å²) in [5.41, 5.74) is -0.0466. The summed E-state index contributed by atoms with van der Waals surface area (Å²) >= 11 is 8.71. The smallest absolute Gasteiger partial charge is 0.216 e. The fraction of sp³-hybridized carbons (Fsp3) is 0.583. The van der Waals surface area contributed by atoms with Crippen LogP contribution >= 0.6 is 24.8 Å². The molecule has 0 radical (unpaired) electrons. The Morgan fingerprint density at radius 3 is 2.56 bits per heavy atom. The molecule has 0 fully saturated rings. The Bertz CT molecular complexity index is 264. The molecular weight excluding hydrogens is 238 g/mol. The molecule has 0 N–H and O–H groups in total. The van der Waals surface area contributed by atoms with Crippen LogP contribution in [0.25, 0.3) is 0 Å². The number of nitrogens with zero attached hydrogens (tertiary/aromatic N) is 1. The van der Waals surface area contributed by atoms with E-state index in [9.17, 15) is 0 Å². The van der Waals surface area contributed by atoms with Crippen LogP contribution in [0, 0.1) is 0 Å². The van der Waals surface area contributed by atoms with Gasteiger partial charge in [-0.15, -0.1) is 6.58 Å². The van der Waals surface area contributed by atoms with Gasteiger partial charge in [0.25, 0.3) is 0 Å². The van der Waals surface area contributed by atoms with Crippen LogP contribution in [-0.2, 0) is 4.74 Å². The van der Waals surface area contributed by atoms with Gasteiger partial charge in [-0.2, -0.15) is 0 Å². The third-order valence-corrected chi connectivity index (χ3v) is 2.87. The molecule has 0 spiro atoms. The van der Waals surface area contributed by atoms with E-state index in [1.807, 2.05) is 13.0 Å². The van der Waals surface area contributed by atoms with Crippen molar-refractivity contribution < 1.29 is 4.74 Å². The summed E-state index contributed by atoms with van der Waals surface area (Å²) < 4.78 is 5.54. The zero-order chi connectivity index (χ0) is 12.6. The largest absolute Gasteiger partial charge is 0.479 e. The number of likely N-dealkylation sites (N-methyl/N-ethyl adjacent to an activating group) is 1. The molecule has 0 aliphatic carbocycles. The van der Waals surface area contributed by atoms with E-state index in [4.69, 9.17) is 17.0 Å². The molecule has 0 saturated carbocycles. The fourth-order valence-electron chi connectivity index (χ4n) is 1.68. The first-order valence-corrected chi connectivity index (χ1v) is 6.12. The van der Waals surface area contributed by atoms with E-state index in [0.29, 0.717) is 11.0 Å². The van der Waals surface area contributed by atoms with E-state index in [0.717, 1.165) is 12.8 Å². The van der Waals surface area contributed by atoms with E-state index in [2.05, 4.69) is 50.4 Å². The second-order valence-corrected chi connectivity index (χ2v) is 4.93. The summed E-state index contributed by atoms with van der Waals surface area (Å²) in [6.45, 7) is 6.40. The highest BCUT2D eigenvalue weighted by atomic mass is 32.1. The minimum Gasteiger partial charge on any atom is -0.479 e. The monoisotopic (exact) mass is 259 g/mol. The van der Waals surface area contributed by atoms with Crippen molar-refractivity contribution in [3.63, 3.8) is 0 Å². The van der Waals surface area contributed by atoms with Crippen LogP contribution in [-0.4, -0.2) is 35.5 Å². The Labute approximate surface area is 110 Å². The van der Waals surface area contributed by atoms with E-state index in [1.54, 1.807) is 0 Å². The van der Waals surface area contributed by atoms with Gasteiger partial charge >= 0.3 is 0 Å². The zero-order valence-corrected chi connectivity index (χ0v) is 12.0. The van der Waals surface area contributed by atoms with Crippen LogP contribution in [0.15, 0.2) is 24.8 Å². The molecule has 1 unspecified atom stereocenters. The average molecular weight is 259 g/mol. The number of allylic oxidation sites excluding steroid dienone is 1. The van der Waals surface area contributed by atoms with E-state index < -0.39 is 0 Å². The molecule has 0 saturated heterocycles. The summed E-state index contributed by atoms with van der Waals surface area (Å²) in [6.07, 6.45) is 7.91. The maximum Gasteiger partial charge on any atom is 0.216 e. The zero-order valence-electron chi connectivity index (χ0n) is 10.3. The van der Waals surface area contributed by atoms with E-state index in [-0.39, 0.29) is 5.54 Å². The van der Waals surface area contributed by atoms with Gasteiger partial charge in [0.05, 0.1) is 6.61 Å². The lowest BCUT2D eigenvalue weighted by atomic mass is 9.89. The summed E-state index contributed by atoms with van der Waals surface area (Å²) in [4.78, 5) is 2.18. The molecule has 2 nitrogen and oxygen atoms in total. The molecule has 4 heteroatoms. The van der Waals surface area contributed by atoms with Crippen molar-refractivity contribution in [1.82, 2.24) is 4.90 Å². The molecule has 1 atom stereocenters. The number of ether oxygens (including phenoxy) is 1. The summed E-state index contributed by atoms with van der Waals surface area (Å²) in [7, 11) is 4.12. The Morgan fingerprint density at radius 1 is 1.56 bits per heavy atom. The van der Waals surface area contributed by atoms with Gasteiger partial charge in [0, 0.05) is 12.0 Å². The highest BCUT2D eigenvalue weighted by Gasteiger charge is 2.27. The maximum absolute atomic E-state index is 5.24. The van der Waals surface area contributed by atoms with Crippen LogP contribution < -0.4 is 0 Å². The first-order valence-electron chi connectivity index (χ1n) is 5.26. The standard InChI is InChI=1S/C12H21NOS2/c1-5-7-12(8-6-2,13(3)4)9-10-14-11(15)16/h5-6,8H,1,7,9-10H2,2-4H3,(H,15,16). The second-order valence-electron chi connectivity index (χ2n) is 3.86. The minimum absolute atomic E-state index is 0.0466. The predicted octanol–water partition coefficient (Wildman–Crippen LogP) is 3.06. The average Bonchev–Trinajstić information content (AvgIpc) is 2.17. The highest BCUT2D eigenvalue weighted by molar-refractivity contribution is 8.10. The van der Waals surface area contributed by atoms with Gasteiger partial charge < -0.3 is 4.74 Å². The van der Waals surface area contributed by atoms with Gasteiger partial charge in [0.1, 0.15) is 0 Å². The van der Waals surface area contributed by atoms with Crippen molar-refractivity contribution in [1.29, 1.82) is 0 Å². The van der Waals surface area contributed by atoms with Crippen molar-refractivity contribution in [2.24, 2.45) is 0 Å². The fourth-order valence-corrected chi connectivity index (χ4v) is 1.86. The normalized spacial score (nSPS) is 15.1. The Morgan fingerprint density at radius 2 is 2.19 bits per heavy atom. The van der Waals surface area contributed by atoms with E-state index >= 15 is 0 Å².